The topological polar surface area (TPSA) is 135 Å². The van der Waals surface area contributed by atoms with Gasteiger partial charge in [-0.3, -0.25) is 4.57 Å². The van der Waals surface area contributed by atoms with Crippen molar-refractivity contribution in [2.75, 3.05) is 6.61 Å². The zero-order chi connectivity index (χ0) is 28.2. The van der Waals surface area contributed by atoms with Gasteiger partial charge in [-0.25, -0.2) is 14.6 Å². The van der Waals surface area contributed by atoms with Crippen LogP contribution in [0.5, 0.6) is 0 Å². The number of thiazole rings is 2. The maximum atomic E-state index is 12.0. The van der Waals surface area contributed by atoms with Crippen molar-refractivity contribution in [1.29, 1.82) is 0 Å². The number of rotatable bonds is 5. The summed E-state index contributed by atoms with van der Waals surface area (Å²) in [4.78, 5) is 8.92. The second-order valence-electron chi connectivity index (χ2n) is 10.1. The Morgan fingerprint density at radius 2 is 1.98 bits per heavy atom. The standard InChI is InChI=1S/C28H24N8O4S2/c1-15-31-18-8-7-17(11-21(18)42-15)35-14-30-33-26(35)25-23(37)22(36-12-19(32-34-36)27-29-9-10-41-27)24-20(39-25)13-38-28(40-24)16-5-3-2-4-6-16/h2-12,14,20,22-25,28,37H,13H2,1H3/t20?,22?,23?,24-,25+,28?/m0/s1. The molecule has 4 unspecified atom stereocenters. The van der Waals surface area contributed by atoms with Gasteiger partial charge in [0, 0.05) is 22.8 Å². The molecule has 0 spiro atoms. The third-order valence-corrected chi connectivity index (χ3v) is 9.23. The van der Waals surface area contributed by atoms with Crippen molar-refractivity contribution in [3.63, 3.8) is 0 Å². The van der Waals surface area contributed by atoms with Gasteiger partial charge in [-0.15, -0.1) is 38.0 Å². The summed E-state index contributed by atoms with van der Waals surface area (Å²) in [6.45, 7) is 2.23. The summed E-state index contributed by atoms with van der Waals surface area (Å²) in [6.07, 6.45) is 1.43. The minimum Gasteiger partial charge on any atom is -0.388 e. The first kappa shape index (κ1) is 25.8. The number of aromatic nitrogens is 8. The SMILES string of the molecule is Cc1nc2ccc(-n3cnnc3[C@@H]3OC4COC(c5ccccc5)O[C@@H]4C(n4cc(-c5nccs5)nn4)C3O)cc2s1. The number of aliphatic hydroxyl groups excluding tert-OH is 1. The van der Waals surface area contributed by atoms with Gasteiger partial charge in [-0.2, -0.15) is 0 Å². The van der Waals surface area contributed by atoms with Gasteiger partial charge in [0.1, 0.15) is 47.5 Å². The van der Waals surface area contributed by atoms with Gasteiger partial charge in [0.2, 0.25) is 0 Å². The molecule has 6 aromatic rings. The normalized spacial score (nSPS) is 26.0. The molecule has 6 heterocycles. The van der Waals surface area contributed by atoms with Crippen LogP contribution >= 0.6 is 22.7 Å². The molecular weight excluding hydrogens is 576 g/mol. The molecule has 2 aliphatic heterocycles. The number of benzene rings is 2. The van der Waals surface area contributed by atoms with Gasteiger partial charge < -0.3 is 19.3 Å². The third-order valence-electron chi connectivity index (χ3n) is 7.50. The summed E-state index contributed by atoms with van der Waals surface area (Å²) in [5, 5.41) is 33.0. The Kier molecular flexibility index (Phi) is 6.39. The van der Waals surface area contributed by atoms with Crippen LogP contribution in [0, 0.1) is 6.92 Å². The quantitative estimate of drug-likeness (QED) is 0.309. The summed E-state index contributed by atoms with van der Waals surface area (Å²) in [6, 6.07) is 15.0. The van der Waals surface area contributed by atoms with E-state index in [9.17, 15) is 5.11 Å². The zero-order valence-corrected chi connectivity index (χ0v) is 23.8. The highest BCUT2D eigenvalue weighted by Crippen LogP contribution is 2.44. The van der Waals surface area contributed by atoms with Crippen LogP contribution in [-0.4, -0.2) is 69.8 Å². The van der Waals surface area contributed by atoms with Crippen LogP contribution in [0.1, 0.15) is 34.8 Å². The zero-order valence-electron chi connectivity index (χ0n) is 22.2. The summed E-state index contributed by atoms with van der Waals surface area (Å²) in [5.41, 5.74) is 3.26. The first-order chi connectivity index (χ1) is 20.6. The van der Waals surface area contributed by atoms with E-state index in [1.54, 1.807) is 34.7 Å². The van der Waals surface area contributed by atoms with E-state index < -0.39 is 36.7 Å². The molecule has 12 nitrogen and oxygen atoms in total. The van der Waals surface area contributed by atoms with Crippen LogP contribution in [0.3, 0.4) is 0 Å². The lowest BCUT2D eigenvalue weighted by Crippen LogP contribution is -2.57. The van der Waals surface area contributed by atoms with Crippen LogP contribution in [-0.2, 0) is 14.2 Å². The molecule has 0 radical (unpaired) electrons. The lowest BCUT2D eigenvalue weighted by Gasteiger charge is -2.47. The summed E-state index contributed by atoms with van der Waals surface area (Å²) < 4.78 is 23.6. The smallest absolute Gasteiger partial charge is 0.184 e. The second kappa shape index (κ2) is 10.4. The van der Waals surface area contributed by atoms with Crippen LogP contribution in [0.25, 0.3) is 26.6 Å². The molecule has 14 heteroatoms. The Bertz CT molecular complexity index is 1840. The van der Waals surface area contributed by atoms with Crippen molar-refractivity contribution >= 4 is 32.9 Å². The molecular formula is C28H24N8O4S2. The average molecular weight is 601 g/mol. The Hall–Kier alpha value is -3.92. The molecule has 2 aromatic carbocycles. The molecule has 2 fully saturated rings. The Balaban J connectivity index is 1.17. The number of fused-ring (bicyclic) bond motifs is 2. The van der Waals surface area contributed by atoms with E-state index in [4.69, 9.17) is 14.2 Å². The van der Waals surface area contributed by atoms with E-state index in [-0.39, 0.29) is 6.61 Å². The van der Waals surface area contributed by atoms with Crippen LogP contribution in [0.4, 0.5) is 0 Å². The number of hydrogen-bond acceptors (Lipinski definition) is 12. The van der Waals surface area contributed by atoms with Gasteiger partial charge in [-0.1, -0.05) is 35.5 Å². The molecule has 6 atom stereocenters. The van der Waals surface area contributed by atoms with Crippen LogP contribution in [0.15, 0.2) is 72.6 Å². The van der Waals surface area contributed by atoms with Gasteiger partial charge >= 0.3 is 0 Å². The molecule has 0 saturated carbocycles. The summed E-state index contributed by atoms with van der Waals surface area (Å²) in [7, 11) is 0. The number of hydrogen-bond donors (Lipinski definition) is 1. The number of nitrogens with zero attached hydrogens (tertiary/aromatic N) is 8. The Morgan fingerprint density at radius 1 is 1.07 bits per heavy atom. The van der Waals surface area contributed by atoms with E-state index in [1.165, 1.54) is 11.3 Å². The predicted octanol–water partition coefficient (Wildman–Crippen LogP) is 4.06. The van der Waals surface area contributed by atoms with Crippen molar-refractivity contribution in [2.24, 2.45) is 0 Å². The fourth-order valence-electron chi connectivity index (χ4n) is 5.60. The van der Waals surface area contributed by atoms with Gasteiger partial charge in [0.15, 0.2) is 12.1 Å². The van der Waals surface area contributed by atoms with Gasteiger partial charge in [0.25, 0.3) is 0 Å². The molecule has 4 aromatic heterocycles. The van der Waals surface area contributed by atoms with E-state index in [1.807, 2.05) is 65.4 Å². The number of ether oxygens (including phenoxy) is 3. The maximum Gasteiger partial charge on any atom is 0.184 e. The van der Waals surface area contributed by atoms with Gasteiger partial charge in [-0.05, 0) is 25.1 Å². The molecule has 42 heavy (non-hydrogen) atoms. The van der Waals surface area contributed by atoms with Crippen LogP contribution in [0.2, 0.25) is 0 Å². The molecule has 0 amide bonds. The average Bonchev–Trinajstić information content (AvgIpc) is 3.83. The fraction of sp³-hybridized carbons (Fsp3) is 0.286. The monoisotopic (exact) mass is 600 g/mol. The van der Waals surface area contributed by atoms with Crippen molar-refractivity contribution in [2.45, 2.75) is 43.7 Å². The lowest BCUT2D eigenvalue weighted by molar-refractivity contribution is -0.319. The fourth-order valence-corrected chi connectivity index (χ4v) is 7.04. The predicted molar refractivity (Wildman–Crippen MR) is 153 cm³/mol. The second-order valence-corrected chi connectivity index (χ2v) is 12.2. The molecule has 1 N–H and O–H groups in total. The number of aryl methyl sites for hydroxylation is 1. The maximum absolute atomic E-state index is 12.0. The van der Waals surface area contributed by atoms with E-state index in [2.05, 4.69) is 30.5 Å². The highest BCUT2D eigenvalue weighted by atomic mass is 32.1. The van der Waals surface area contributed by atoms with E-state index in [0.717, 1.165) is 31.5 Å². The van der Waals surface area contributed by atoms with Crippen LogP contribution < -0.4 is 0 Å². The Labute approximate surface area is 247 Å². The largest absolute Gasteiger partial charge is 0.388 e. The van der Waals surface area contributed by atoms with Crippen molar-refractivity contribution < 1.29 is 19.3 Å². The molecule has 8 rings (SSSR count). The minimum absolute atomic E-state index is 0.248. The first-order valence-electron chi connectivity index (χ1n) is 13.4. The van der Waals surface area contributed by atoms with Crippen molar-refractivity contribution in [3.8, 4) is 16.4 Å². The molecule has 0 bridgehead atoms. The summed E-state index contributed by atoms with van der Waals surface area (Å²) in [5.74, 6) is 0.456. The highest BCUT2D eigenvalue weighted by molar-refractivity contribution is 7.18. The highest BCUT2D eigenvalue weighted by Gasteiger charge is 2.52. The lowest BCUT2D eigenvalue weighted by atomic mass is 9.91. The minimum atomic E-state index is -1.11. The first-order valence-corrected chi connectivity index (χ1v) is 15.1. The molecule has 212 valence electrons. The third kappa shape index (κ3) is 4.43. The summed E-state index contributed by atoms with van der Waals surface area (Å²) >= 11 is 3.08. The molecule has 2 aliphatic rings. The van der Waals surface area contributed by atoms with Gasteiger partial charge in [0.05, 0.1) is 28.0 Å². The van der Waals surface area contributed by atoms with Crippen molar-refractivity contribution in [3.05, 3.63) is 89.0 Å². The molecule has 0 aliphatic carbocycles. The Morgan fingerprint density at radius 3 is 2.83 bits per heavy atom. The molecule has 2 saturated heterocycles. The van der Waals surface area contributed by atoms with E-state index >= 15 is 0 Å². The van der Waals surface area contributed by atoms with E-state index in [0.29, 0.717) is 11.5 Å². The number of aliphatic hydroxyl groups is 1. The van der Waals surface area contributed by atoms with Crippen molar-refractivity contribution in [1.82, 2.24) is 39.7 Å².